The highest BCUT2D eigenvalue weighted by atomic mass is 32.2. The van der Waals surface area contributed by atoms with E-state index in [0.717, 1.165) is 16.3 Å². The molecular formula is C22H24FN3O2S. The van der Waals surface area contributed by atoms with E-state index in [4.69, 9.17) is 0 Å². The molecular weight excluding hydrogens is 389 g/mol. The Morgan fingerprint density at radius 2 is 1.48 bits per heavy atom. The Labute approximate surface area is 174 Å². The number of benzene rings is 2. The first-order valence-electron chi connectivity index (χ1n) is 9.93. The van der Waals surface area contributed by atoms with Crippen molar-refractivity contribution < 1.29 is 14.0 Å². The molecule has 5 nitrogen and oxygen atoms in total. The summed E-state index contributed by atoms with van der Waals surface area (Å²) in [5.74, 6) is 0.620. The van der Waals surface area contributed by atoms with Crippen molar-refractivity contribution in [1.29, 1.82) is 0 Å². The lowest BCUT2D eigenvalue weighted by atomic mass is 10.2. The standard InChI is InChI=1S/C22H24FN3O2S/c23-17-5-1-2-6-18(17)24-11-13-25(14-12-24)21(27)9-10-22(28)26-15-16-29-20-8-4-3-7-19(20)26/h1-8H,9-16H2. The third-order valence-corrected chi connectivity index (χ3v) is 6.45. The molecule has 4 rings (SSSR count). The summed E-state index contributed by atoms with van der Waals surface area (Å²) in [7, 11) is 0. The summed E-state index contributed by atoms with van der Waals surface area (Å²) in [5.41, 5.74) is 1.52. The van der Waals surface area contributed by atoms with Gasteiger partial charge in [-0.15, -0.1) is 11.8 Å². The summed E-state index contributed by atoms with van der Waals surface area (Å²) in [4.78, 5) is 32.0. The van der Waals surface area contributed by atoms with Gasteiger partial charge in [-0.2, -0.15) is 0 Å². The van der Waals surface area contributed by atoms with E-state index in [1.165, 1.54) is 6.07 Å². The molecule has 2 amide bonds. The molecule has 2 aromatic carbocycles. The molecule has 0 N–H and O–H groups in total. The van der Waals surface area contributed by atoms with Crippen LogP contribution in [-0.2, 0) is 9.59 Å². The molecule has 29 heavy (non-hydrogen) atoms. The molecule has 0 saturated carbocycles. The second-order valence-electron chi connectivity index (χ2n) is 7.18. The maximum Gasteiger partial charge on any atom is 0.227 e. The zero-order valence-electron chi connectivity index (χ0n) is 16.2. The summed E-state index contributed by atoms with van der Waals surface area (Å²) < 4.78 is 14.0. The molecule has 1 saturated heterocycles. The first-order valence-corrected chi connectivity index (χ1v) is 10.9. The van der Waals surface area contributed by atoms with Crippen LogP contribution in [0.25, 0.3) is 0 Å². The topological polar surface area (TPSA) is 43.9 Å². The van der Waals surface area contributed by atoms with Crippen molar-refractivity contribution in [3.8, 4) is 0 Å². The van der Waals surface area contributed by atoms with Crippen LogP contribution in [-0.4, -0.2) is 55.2 Å². The number of amides is 2. The van der Waals surface area contributed by atoms with E-state index >= 15 is 0 Å². The highest BCUT2D eigenvalue weighted by Crippen LogP contribution is 2.34. The highest BCUT2D eigenvalue weighted by Gasteiger charge is 2.26. The average molecular weight is 414 g/mol. The van der Waals surface area contributed by atoms with E-state index in [2.05, 4.69) is 0 Å². The average Bonchev–Trinajstić information content (AvgIpc) is 2.77. The number of carbonyl (C=O) groups excluding carboxylic acids is 2. The van der Waals surface area contributed by atoms with Crippen LogP contribution in [0.5, 0.6) is 0 Å². The number of piperazine rings is 1. The molecule has 1 fully saturated rings. The maximum atomic E-state index is 14.0. The molecule has 2 aliphatic rings. The summed E-state index contributed by atoms with van der Waals surface area (Å²) in [6.45, 7) is 2.96. The first kappa shape index (κ1) is 19.8. The van der Waals surface area contributed by atoms with Gasteiger partial charge < -0.3 is 14.7 Å². The quantitative estimate of drug-likeness (QED) is 0.771. The third kappa shape index (κ3) is 4.40. The molecule has 0 bridgehead atoms. The minimum Gasteiger partial charge on any atom is -0.366 e. The van der Waals surface area contributed by atoms with Gasteiger partial charge in [0.15, 0.2) is 0 Å². The van der Waals surface area contributed by atoms with Crippen LogP contribution in [0.2, 0.25) is 0 Å². The van der Waals surface area contributed by atoms with Crippen molar-refractivity contribution >= 4 is 35.0 Å². The summed E-state index contributed by atoms with van der Waals surface area (Å²) in [6.07, 6.45) is 0.426. The molecule has 0 radical (unpaired) electrons. The molecule has 2 heterocycles. The van der Waals surface area contributed by atoms with Gasteiger partial charge in [-0.05, 0) is 24.3 Å². The molecule has 0 aromatic heterocycles. The number of hydrogen-bond acceptors (Lipinski definition) is 4. The number of thioether (sulfide) groups is 1. The Morgan fingerprint density at radius 3 is 2.24 bits per heavy atom. The maximum absolute atomic E-state index is 14.0. The third-order valence-electron chi connectivity index (χ3n) is 5.41. The van der Waals surface area contributed by atoms with Gasteiger partial charge in [0.25, 0.3) is 0 Å². The summed E-state index contributed by atoms with van der Waals surface area (Å²) in [5, 5.41) is 0. The number of fused-ring (bicyclic) bond motifs is 1. The molecule has 0 aliphatic carbocycles. The highest BCUT2D eigenvalue weighted by molar-refractivity contribution is 7.99. The molecule has 152 valence electrons. The van der Waals surface area contributed by atoms with E-state index in [0.29, 0.717) is 38.4 Å². The van der Waals surface area contributed by atoms with Crippen molar-refractivity contribution in [2.45, 2.75) is 17.7 Å². The predicted octanol–water partition coefficient (Wildman–Crippen LogP) is 3.39. The van der Waals surface area contributed by atoms with Crippen LogP contribution in [0.3, 0.4) is 0 Å². The Kier molecular flexibility index (Phi) is 6.04. The van der Waals surface area contributed by atoms with Crippen LogP contribution in [0.1, 0.15) is 12.8 Å². The van der Waals surface area contributed by atoms with Crippen LogP contribution >= 0.6 is 11.8 Å². The van der Waals surface area contributed by atoms with E-state index < -0.39 is 0 Å². The van der Waals surface area contributed by atoms with Crippen LogP contribution in [0, 0.1) is 5.82 Å². The van der Waals surface area contributed by atoms with Gasteiger partial charge in [-0.1, -0.05) is 24.3 Å². The fourth-order valence-corrected chi connectivity index (χ4v) is 4.84. The van der Waals surface area contributed by atoms with E-state index in [-0.39, 0.29) is 30.5 Å². The normalized spacial score (nSPS) is 16.5. The van der Waals surface area contributed by atoms with Gasteiger partial charge in [-0.3, -0.25) is 9.59 Å². The van der Waals surface area contributed by atoms with Gasteiger partial charge in [0, 0.05) is 56.2 Å². The number of para-hydroxylation sites is 2. The van der Waals surface area contributed by atoms with Crippen molar-refractivity contribution in [3.63, 3.8) is 0 Å². The van der Waals surface area contributed by atoms with Gasteiger partial charge in [-0.25, -0.2) is 4.39 Å². The van der Waals surface area contributed by atoms with Crippen molar-refractivity contribution in [3.05, 3.63) is 54.3 Å². The second kappa shape index (κ2) is 8.86. The zero-order chi connectivity index (χ0) is 20.2. The SMILES string of the molecule is O=C(CCC(=O)N1CCSc2ccccc21)N1CCN(c2ccccc2F)CC1. The fourth-order valence-electron chi connectivity index (χ4n) is 3.84. The van der Waals surface area contributed by atoms with Crippen molar-refractivity contribution in [2.24, 2.45) is 0 Å². The molecule has 7 heteroatoms. The predicted molar refractivity (Wildman–Crippen MR) is 114 cm³/mol. The van der Waals surface area contributed by atoms with Gasteiger partial charge in [0.2, 0.25) is 11.8 Å². The lowest BCUT2D eigenvalue weighted by Gasteiger charge is -2.36. The number of rotatable bonds is 4. The van der Waals surface area contributed by atoms with Crippen molar-refractivity contribution in [2.75, 3.05) is 48.3 Å². The van der Waals surface area contributed by atoms with Crippen LogP contribution < -0.4 is 9.80 Å². The van der Waals surface area contributed by atoms with Crippen LogP contribution in [0.4, 0.5) is 15.8 Å². The Hall–Kier alpha value is -2.54. The van der Waals surface area contributed by atoms with E-state index in [1.807, 2.05) is 35.2 Å². The van der Waals surface area contributed by atoms with E-state index in [9.17, 15) is 14.0 Å². The monoisotopic (exact) mass is 413 g/mol. The summed E-state index contributed by atoms with van der Waals surface area (Å²) >= 11 is 1.76. The lowest BCUT2D eigenvalue weighted by molar-refractivity contribution is -0.133. The van der Waals surface area contributed by atoms with Gasteiger partial charge >= 0.3 is 0 Å². The molecule has 0 spiro atoms. The lowest BCUT2D eigenvalue weighted by Crippen LogP contribution is -2.49. The number of nitrogens with zero attached hydrogens (tertiary/aromatic N) is 3. The number of hydrogen-bond donors (Lipinski definition) is 0. The van der Waals surface area contributed by atoms with Crippen molar-refractivity contribution in [1.82, 2.24) is 4.90 Å². The van der Waals surface area contributed by atoms with Crippen LogP contribution in [0.15, 0.2) is 53.4 Å². The Bertz CT molecular complexity index is 899. The fraction of sp³-hybridized carbons (Fsp3) is 0.364. The minimum atomic E-state index is -0.238. The molecule has 2 aliphatic heterocycles. The Balaban J connectivity index is 1.29. The minimum absolute atomic E-state index is 0.00362. The van der Waals surface area contributed by atoms with Gasteiger partial charge in [0.1, 0.15) is 5.82 Å². The molecule has 0 atom stereocenters. The number of anilines is 2. The van der Waals surface area contributed by atoms with Gasteiger partial charge in [0.05, 0.1) is 11.4 Å². The number of halogens is 1. The summed E-state index contributed by atoms with van der Waals surface area (Å²) in [6, 6.07) is 14.6. The first-order chi connectivity index (χ1) is 14.1. The largest absolute Gasteiger partial charge is 0.366 e. The smallest absolute Gasteiger partial charge is 0.227 e. The molecule has 2 aromatic rings. The molecule has 0 unspecified atom stereocenters. The van der Waals surface area contributed by atoms with E-state index in [1.54, 1.807) is 33.7 Å². The zero-order valence-corrected chi connectivity index (χ0v) is 17.0. The second-order valence-corrected chi connectivity index (χ2v) is 8.32. The number of carbonyl (C=O) groups is 2. The Morgan fingerprint density at radius 1 is 0.828 bits per heavy atom.